The number of hydrogen-bond donors (Lipinski definition) is 0. The number of benzene rings is 1. The molecule has 2 unspecified atom stereocenters. The first-order valence-corrected chi connectivity index (χ1v) is 12.1. The van der Waals surface area contributed by atoms with E-state index in [9.17, 15) is 0 Å². The van der Waals surface area contributed by atoms with Crippen molar-refractivity contribution in [2.45, 2.75) is 71.2 Å². The van der Waals surface area contributed by atoms with Crippen LogP contribution in [0.4, 0.5) is 0 Å². The molecule has 2 aliphatic rings. The first-order valence-electron chi connectivity index (χ1n) is 9.20. The van der Waals surface area contributed by atoms with Gasteiger partial charge < -0.3 is 4.43 Å². The van der Waals surface area contributed by atoms with Gasteiger partial charge in [0.2, 0.25) is 0 Å². The van der Waals surface area contributed by atoms with Gasteiger partial charge in [-0.2, -0.15) is 0 Å². The Morgan fingerprint density at radius 1 is 1.09 bits per heavy atom. The maximum atomic E-state index is 6.33. The summed E-state index contributed by atoms with van der Waals surface area (Å²) in [5, 5.41) is 0.277. The highest BCUT2D eigenvalue weighted by atomic mass is 28.4. The lowest BCUT2D eigenvalue weighted by Crippen LogP contribution is -2.40. The summed E-state index contributed by atoms with van der Waals surface area (Å²) in [5.41, 5.74) is 4.31. The summed E-state index contributed by atoms with van der Waals surface area (Å²) >= 11 is 0. The number of fused-ring (bicyclic) bond motifs is 1. The topological polar surface area (TPSA) is 9.23 Å². The van der Waals surface area contributed by atoms with E-state index in [1.807, 2.05) is 0 Å². The molecule has 2 heteroatoms. The van der Waals surface area contributed by atoms with E-state index < -0.39 is 8.32 Å². The van der Waals surface area contributed by atoms with E-state index in [4.69, 9.17) is 4.43 Å². The molecule has 0 aromatic heterocycles. The molecule has 1 aromatic carbocycles. The van der Waals surface area contributed by atoms with E-state index in [0.29, 0.717) is 0 Å². The predicted octanol–water partition coefficient (Wildman–Crippen LogP) is 6.41. The van der Waals surface area contributed by atoms with Crippen LogP contribution in [0, 0.1) is 11.8 Å². The van der Waals surface area contributed by atoms with Gasteiger partial charge in [0.05, 0.1) is 6.61 Å². The molecule has 0 radical (unpaired) electrons. The average Bonchev–Trinajstić information content (AvgIpc) is 3.06. The quantitative estimate of drug-likeness (QED) is 0.580. The zero-order valence-electron chi connectivity index (χ0n) is 15.5. The molecule has 1 aromatic rings. The minimum atomic E-state index is -1.65. The van der Waals surface area contributed by atoms with Crippen molar-refractivity contribution < 1.29 is 4.43 Å². The Kier molecular flexibility index (Phi) is 4.59. The normalized spacial score (nSPS) is 24.7. The number of allylic oxidation sites excluding steroid dienone is 2. The summed E-state index contributed by atoms with van der Waals surface area (Å²) in [6, 6.07) is 9.13. The second-order valence-electron chi connectivity index (χ2n) is 9.00. The Balaban J connectivity index is 1.62. The highest BCUT2D eigenvalue weighted by molar-refractivity contribution is 6.74. The molecule has 0 amide bonds. The fraction of sp³-hybridized carbons (Fsp3) is 0.619. The van der Waals surface area contributed by atoms with Crippen LogP contribution in [0.1, 0.15) is 57.6 Å². The highest BCUT2D eigenvalue weighted by Gasteiger charge is 2.37. The van der Waals surface area contributed by atoms with Crippen LogP contribution >= 0.6 is 0 Å². The van der Waals surface area contributed by atoms with Crippen molar-refractivity contribution in [3.63, 3.8) is 0 Å². The molecule has 0 spiro atoms. The van der Waals surface area contributed by atoms with Crippen molar-refractivity contribution in [1.29, 1.82) is 0 Å². The lowest BCUT2D eigenvalue weighted by molar-refractivity contribution is 0.276. The van der Waals surface area contributed by atoms with Crippen LogP contribution in [0.15, 0.2) is 30.3 Å². The molecule has 23 heavy (non-hydrogen) atoms. The Labute approximate surface area is 143 Å². The van der Waals surface area contributed by atoms with E-state index in [1.165, 1.54) is 36.8 Å². The van der Waals surface area contributed by atoms with E-state index >= 15 is 0 Å². The molecule has 2 atom stereocenters. The highest BCUT2D eigenvalue weighted by Crippen LogP contribution is 2.45. The first kappa shape index (κ1) is 17.0. The van der Waals surface area contributed by atoms with Gasteiger partial charge >= 0.3 is 0 Å². The SMILES string of the molecule is CC(C)(C)[Si](C)(C)OCc1ccc(C2=CC3CCCC3C2)cc1. The largest absolute Gasteiger partial charge is 0.413 e. The van der Waals surface area contributed by atoms with Gasteiger partial charge in [-0.05, 0) is 65.9 Å². The van der Waals surface area contributed by atoms with Crippen molar-refractivity contribution in [3.05, 3.63) is 41.5 Å². The second kappa shape index (κ2) is 6.21. The van der Waals surface area contributed by atoms with Crippen LogP contribution in [0.3, 0.4) is 0 Å². The van der Waals surface area contributed by atoms with Crippen LogP contribution in [0.25, 0.3) is 5.57 Å². The van der Waals surface area contributed by atoms with Crippen LogP contribution in [0.5, 0.6) is 0 Å². The third-order valence-electron chi connectivity index (χ3n) is 6.35. The molecule has 3 rings (SSSR count). The summed E-state index contributed by atoms with van der Waals surface area (Å²) in [5.74, 6) is 1.80. The Morgan fingerprint density at radius 2 is 1.78 bits per heavy atom. The lowest BCUT2D eigenvalue weighted by atomic mass is 9.98. The van der Waals surface area contributed by atoms with Gasteiger partial charge in [0.25, 0.3) is 0 Å². The van der Waals surface area contributed by atoms with Crippen molar-refractivity contribution in [1.82, 2.24) is 0 Å². The maximum absolute atomic E-state index is 6.33. The predicted molar refractivity (Wildman–Crippen MR) is 102 cm³/mol. The van der Waals surface area contributed by atoms with Gasteiger partial charge in [0.1, 0.15) is 0 Å². The minimum absolute atomic E-state index is 0.277. The molecule has 0 bridgehead atoms. The first-order chi connectivity index (χ1) is 10.8. The van der Waals surface area contributed by atoms with Gasteiger partial charge in [-0.25, -0.2) is 0 Å². The summed E-state index contributed by atoms with van der Waals surface area (Å²) in [7, 11) is -1.65. The monoisotopic (exact) mass is 328 g/mol. The van der Waals surface area contributed by atoms with Crippen LogP contribution in [0.2, 0.25) is 18.1 Å². The van der Waals surface area contributed by atoms with Gasteiger partial charge in [-0.15, -0.1) is 0 Å². The number of rotatable bonds is 4. The summed E-state index contributed by atoms with van der Waals surface area (Å²) < 4.78 is 6.33. The molecule has 0 aliphatic heterocycles. The molecule has 0 saturated heterocycles. The van der Waals surface area contributed by atoms with Gasteiger partial charge in [0.15, 0.2) is 8.32 Å². The van der Waals surface area contributed by atoms with Crippen LogP contribution in [-0.2, 0) is 11.0 Å². The maximum Gasteiger partial charge on any atom is 0.192 e. The molecular formula is C21H32OSi. The lowest BCUT2D eigenvalue weighted by Gasteiger charge is -2.36. The third-order valence-corrected chi connectivity index (χ3v) is 10.8. The smallest absolute Gasteiger partial charge is 0.192 e. The fourth-order valence-electron chi connectivity index (χ4n) is 3.66. The average molecular weight is 329 g/mol. The molecule has 1 nitrogen and oxygen atoms in total. The zero-order chi connectivity index (χ0) is 16.7. The van der Waals surface area contributed by atoms with E-state index in [2.05, 4.69) is 64.2 Å². The Bertz CT molecular complexity index is 577. The molecule has 0 heterocycles. The fourth-order valence-corrected chi connectivity index (χ4v) is 4.62. The van der Waals surface area contributed by atoms with Crippen molar-refractivity contribution in [2.24, 2.45) is 11.8 Å². The standard InChI is InChI=1S/C21H32OSi/c1-21(2,3)23(4,5)22-15-16-9-11-17(12-10-16)20-13-18-7-6-8-19(18)14-20/h9-13,18-19H,6-8,14-15H2,1-5H3. The summed E-state index contributed by atoms with van der Waals surface area (Å²) in [4.78, 5) is 0. The zero-order valence-corrected chi connectivity index (χ0v) is 16.5. The molecule has 2 aliphatic carbocycles. The summed E-state index contributed by atoms with van der Waals surface area (Å²) in [6.07, 6.45) is 8.13. The summed E-state index contributed by atoms with van der Waals surface area (Å²) in [6.45, 7) is 12.3. The van der Waals surface area contributed by atoms with Gasteiger partial charge in [-0.1, -0.05) is 57.5 Å². The van der Waals surface area contributed by atoms with E-state index in [1.54, 1.807) is 5.57 Å². The van der Waals surface area contributed by atoms with Gasteiger partial charge in [0, 0.05) is 0 Å². The Hall–Kier alpha value is -0.863. The molecular weight excluding hydrogens is 296 g/mol. The molecule has 1 saturated carbocycles. The van der Waals surface area contributed by atoms with Crippen molar-refractivity contribution in [2.75, 3.05) is 0 Å². The minimum Gasteiger partial charge on any atom is -0.413 e. The second-order valence-corrected chi connectivity index (χ2v) is 13.8. The molecule has 1 fully saturated rings. The Morgan fingerprint density at radius 3 is 2.39 bits per heavy atom. The third kappa shape index (κ3) is 3.64. The van der Waals surface area contributed by atoms with Crippen molar-refractivity contribution >= 4 is 13.9 Å². The van der Waals surface area contributed by atoms with Crippen molar-refractivity contribution in [3.8, 4) is 0 Å². The van der Waals surface area contributed by atoms with Gasteiger partial charge in [-0.3, -0.25) is 0 Å². The van der Waals surface area contributed by atoms with Crippen LogP contribution in [-0.4, -0.2) is 8.32 Å². The van der Waals surface area contributed by atoms with Crippen LogP contribution < -0.4 is 0 Å². The molecule has 126 valence electrons. The number of hydrogen-bond acceptors (Lipinski definition) is 1. The molecule has 0 N–H and O–H groups in total. The van der Waals surface area contributed by atoms with E-state index in [-0.39, 0.29) is 5.04 Å². The van der Waals surface area contributed by atoms with E-state index in [0.717, 1.165) is 18.4 Å².